The predicted molar refractivity (Wildman–Crippen MR) is 73.8 cm³/mol. The zero-order chi connectivity index (χ0) is 15.9. The minimum Gasteiger partial charge on any atom is -0.548 e. The van der Waals surface area contributed by atoms with Gasteiger partial charge in [0, 0.05) is 0 Å². The first-order valence-electron chi connectivity index (χ1n) is 7.29. The molecule has 0 fully saturated rings. The van der Waals surface area contributed by atoms with E-state index >= 15 is 0 Å². The molecule has 0 radical (unpaired) electrons. The maximum absolute atomic E-state index is 10.1. The Labute approximate surface area is 126 Å². The molecular weight excluding hydrogens is 280 g/mol. The summed E-state index contributed by atoms with van der Waals surface area (Å²) in [5, 5.41) is 18.7. The highest BCUT2D eigenvalue weighted by Gasteiger charge is 2.12. The van der Waals surface area contributed by atoms with Gasteiger partial charge in [-0.15, -0.1) is 0 Å². The molecular formula is C14H27O7-. The first-order chi connectivity index (χ1) is 10.1. The van der Waals surface area contributed by atoms with Crippen LogP contribution in [0.1, 0.15) is 26.7 Å². The fraction of sp³-hybridized carbons (Fsp3) is 0.929. The van der Waals surface area contributed by atoms with Gasteiger partial charge < -0.3 is 34.0 Å². The van der Waals surface area contributed by atoms with E-state index in [1.807, 2.05) is 13.8 Å². The van der Waals surface area contributed by atoms with Crippen molar-refractivity contribution in [2.75, 3.05) is 46.2 Å². The summed E-state index contributed by atoms with van der Waals surface area (Å²) < 4.78 is 21.1. The molecule has 126 valence electrons. The molecule has 0 rings (SSSR count). The van der Waals surface area contributed by atoms with E-state index in [0.29, 0.717) is 26.4 Å². The van der Waals surface area contributed by atoms with Gasteiger partial charge in [-0.3, -0.25) is 0 Å². The summed E-state index contributed by atoms with van der Waals surface area (Å²) in [4.78, 5) is 10.1. The van der Waals surface area contributed by atoms with Gasteiger partial charge in [-0.05, 0) is 19.8 Å². The van der Waals surface area contributed by atoms with Crippen LogP contribution in [0, 0.1) is 0 Å². The van der Waals surface area contributed by atoms with Crippen LogP contribution in [0.4, 0.5) is 0 Å². The van der Waals surface area contributed by atoms with Crippen molar-refractivity contribution >= 4 is 5.97 Å². The number of ether oxygens (including phenoxy) is 4. The lowest BCUT2D eigenvalue weighted by atomic mass is 10.1. The second kappa shape index (κ2) is 14.2. The standard InChI is InChI=1S/C14H28O7/c1-3-13(21-9-6-18-5-4-15)10-12(2)20-8-7-19-11-14(16)17/h12-13,15H,3-11H2,1-2H3,(H,16,17)/p-1. The van der Waals surface area contributed by atoms with Gasteiger partial charge in [0.25, 0.3) is 0 Å². The van der Waals surface area contributed by atoms with Gasteiger partial charge in [0.2, 0.25) is 0 Å². The third-order valence-electron chi connectivity index (χ3n) is 2.72. The summed E-state index contributed by atoms with van der Waals surface area (Å²) in [6.45, 7) is 5.42. The summed E-state index contributed by atoms with van der Waals surface area (Å²) in [5.74, 6) is -1.23. The fourth-order valence-electron chi connectivity index (χ4n) is 1.69. The summed E-state index contributed by atoms with van der Waals surface area (Å²) in [6, 6.07) is 0. The fourth-order valence-corrected chi connectivity index (χ4v) is 1.69. The van der Waals surface area contributed by atoms with E-state index in [2.05, 4.69) is 0 Å². The van der Waals surface area contributed by atoms with Crippen molar-refractivity contribution < 1.29 is 34.0 Å². The van der Waals surface area contributed by atoms with Crippen molar-refractivity contribution in [1.29, 1.82) is 0 Å². The van der Waals surface area contributed by atoms with Crippen molar-refractivity contribution in [3.63, 3.8) is 0 Å². The molecule has 2 unspecified atom stereocenters. The molecule has 2 atom stereocenters. The Balaban J connectivity index is 3.58. The van der Waals surface area contributed by atoms with Crippen LogP contribution < -0.4 is 5.11 Å². The average Bonchev–Trinajstić information content (AvgIpc) is 2.45. The SMILES string of the molecule is CCC(CC(C)OCCOCC(=O)[O-])OCCOCCO. The van der Waals surface area contributed by atoms with Crippen molar-refractivity contribution in [2.24, 2.45) is 0 Å². The maximum Gasteiger partial charge on any atom is 0.0862 e. The van der Waals surface area contributed by atoms with Gasteiger partial charge in [0.05, 0.1) is 64.4 Å². The second-order valence-corrected chi connectivity index (χ2v) is 4.58. The van der Waals surface area contributed by atoms with Gasteiger partial charge >= 0.3 is 0 Å². The van der Waals surface area contributed by atoms with E-state index in [1.54, 1.807) is 0 Å². The Morgan fingerprint density at radius 3 is 2.38 bits per heavy atom. The van der Waals surface area contributed by atoms with Crippen molar-refractivity contribution in [3.05, 3.63) is 0 Å². The topological polar surface area (TPSA) is 97.3 Å². The molecule has 0 aliphatic rings. The Bertz CT molecular complexity index is 247. The van der Waals surface area contributed by atoms with Gasteiger partial charge in [-0.1, -0.05) is 6.92 Å². The smallest absolute Gasteiger partial charge is 0.0862 e. The molecule has 0 bridgehead atoms. The van der Waals surface area contributed by atoms with Crippen LogP contribution in [0.5, 0.6) is 0 Å². The quantitative estimate of drug-likeness (QED) is 0.402. The predicted octanol–water partition coefficient (Wildman–Crippen LogP) is -0.648. The van der Waals surface area contributed by atoms with E-state index in [4.69, 9.17) is 24.1 Å². The highest BCUT2D eigenvalue weighted by Crippen LogP contribution is 2.09. The largest absolute Gasteiger partial charge is 0.548 e. The molecule has 0 amide bonds. The highest BCUT2D eigenvalue weighted by molar-refractivity contribution is 5.65. The number of carboxylic acids is 1. The third-order valence-corrected chi connectivity index (χ3v) is 2.72. The summed E-state index contributed by atoms with van der Waals surface area (Å²) >= 11 is 0. The summed E-state index contributed by atoms with van der Waals surface area (Å²) in [7, 11) is 0. The number of hydrogen-bond acceptors (Lipinski definition) is 7. The molecule has 0 saturated heterocycles. The normalized spacial score (nSPS) is 14.0. The van der Waals surface area contributed by atoms with E-state index < -0.39 is 12.6 Å². The van der Waals surface area contributed by atoms with Crippen LogP contribution in [0.3, 0.4) is 0 Å². The van der Waals surface area contributed by atoms with Gasteiger partial charge in [0.1, 0.15) is 0 Å². The molecule has 0 aliphatic carbocycles. The summed E-state index contributed by atoms with van der Waals surface area (Å²) in [5.41, 5.74) is 0. The minimum absolute atomic E-state index is 0.000127. The Hall–Kier alpha value is -0.730. The number of hydrogen-bond donors (Lipinski definition) is 1. The minimum atomic E-state index is -1.23. The number of rotatable bonds is 15. The second-order valence-electron chi connectivity index (χ2n) is 4.58. The molecule has 0 spiro atoms. The van der Waals surface area contributed by atoms with Crippen molar-refractivity contribution in [2.45, 2.75) is 38.9 Å². The van der Waals surface area contributed by atoms with E-state index in [9.17, 15) is 9.90 Å². The van der Waals surface area contributed by atoms with E-state index in [-0.39, 0.29) is 25.4 Å². The van der Waals surface area contributed by atoms with E-state index in [1.165, 1.54) is 0 Å². The van der Waals surface area contributed by atoms with Gasteiger partial charge in [-0.2, -0.15) is 0 Å². The van der Waals surface area contributed by atoms with Crippen LogP contribution in [0.2, 0.25) is 0 Å². The Kier molecular flexibility index (Phi) is 13.7. The molecule has 21 heavy (non-hydrogen) atoms. The number of aliphatic hydroxyl groups excluding tert-OH is 1. The lowest BCUT2D eigenvalue weighted by Crippen LogP contribution is -2.28. The van der Waals surface area contributed by atoms with Crippen LogP contribution >= 0.6 is 0 Å². The molecule has 0 heterocycles. The molecule has 1 N–H and O–H groups in total. The highest BCUT2D eigenvalue weighted by atomic mass is 16.5. The Morgan fingerprint density at radius 1 is 1.10 bits per heavy atom. The lowest BCUT2D eigenvalue weighted by molar-refractivity contribution is -0.309. The van der Waals surface area contributed by atoms with Gasteiger partial charge in [-0.25, -0.2) is 0 Å². The van der Waals surface area contributed by atoms with Gasteiger partial charge in [0.15, 0.2) is 0 Å². The number of aliphatic carboxylic acids is 1. The zero-order valence-corrected chi connectivity index (χ0v) is 12.9. The number of aliphatic hydroxyl groups is 1. The lowest BCUT2D eigenvalue weighted by Gasteiger charge is -2.21. The molecule has 0 aromatic carbocycles. The van der Waals surface area contributed by atoms with Crippen molar-refractivity contribution in [1.82, 2.24) is 0 Å². The summed E-state index contributed by atoms with van der Waals surface area (Å²) in [6.07, 6.45) is 1.70. The average molecular weight is 307 g/mol. The first-order valence-corrected chi connectivity index (χ1v) is 7.29. The maximum atomic E-state index is 10.1. The molecule has 7 heteroatoms. The zero-order valence-electron chi connectivity index (χ0n) is 12.9. The van der Waals surface area contributed by atoms with Crippen LogP contribution in [-0.2, 0) is 23.7 Å². The third kappa shape index (κ3) is 14.0. The van der Waals surface area contributed by atoms with Crippen molar-refractivity contribution in [3.8, 4) is 0 Å². The number of carbonyl (C=O) groups is 1. The number of carbonyl (C=O) groups excluding carboxylic acids is 1. The monoisotopic (exact) mass is 307 g/mol. The molecule has 0 aliphatic heterocycles. The van der Waals surface area contributed by atoms with E-state index in [0.717, 1.165) is 12.8 Å². The Morgan fingerprint density at radius 2 is 1.76 bits per heavy atom. The molecule has 7 nitrogen and oxygen atoms in total. The molecule has 0 saturated carbocycles. The first kappa shape index (κ1) is 20.3. The van der Waals surface area contributed by atoms with Crippen LogP contribution in [0.25, 0.3) is 0 Å². The van der Waals surface area contributed by atoms with Crippen LogP contribution in [-0.4, -0.2) is 69.5 Å². The molecule has 0 aromatic heterocycles. The van der Waals surface area contributed by atoms with Crippen LogP contribution in [0.15, 0.2) is 0 Å². The molecule has 0 aromatic rings. The number of carboxylic acid groups (broad SMARTS) is 1.